The second-order valence-corrected chi connectivity index (χ2v) is 5.22. The highest BCUT2D eigenvalue weighted by Crippen LogP contribution is 2.45. The van der Waals surface area contributed by atoms with Crippen molar-refractivity contribution in [1.29, 1.82) is 0 Å². The van der Waals surface area contributed by atoms with Gasteiger partial charge in [-0.25, -0.2) is 9.78 Å². The van der Waals surface area contributed by atoms with Gasteiger partial charge < -0.3 is 14.7 Å². The van der Waals surface area contributed by atoms with E-state index in [2.05, 4.69) is 9.88 Å². The van der Waals surface area contributed by atoms with Crippen LogP contribution >= 0.6 is 0 Å². The van der Waals surface area contributed by atoms with Gasteiger partial charge in [-0.3, -0.25) is 0 Å². The van der Waals surface area contributed by atoms with E-state index in [1.54, 1.807) is 0 Å². The molecule has 0 radical (unpaired) electrons. The zero-order valence-corrected chi connectivity index (χ0v) is 11.1. The summed E-state index contributed by atoms with van der Waals surface area (Å²) in [4.78, 5) is 17.9. The van der Waals surface area contributed by atoms with Gasteiger partial charge in [0.2, 0.25) is 0 Å². The summed E-state index contributed by atoms with van der Waals surface area (Å²) in [5, 5.41) is 9.22. The number of nitrogens with zero attached hydrogens (tertiary/aromatic N) is 2. The Bertz CT molecular complexity index is 506. The quantitative estimate of drug-likeness (QED) is 0.901. The van der Waals surface area contributed by atoms with Crippen molar-refractivity contribution in [1.82, 2.24) is 4.98 Å². The molecule has 1 aromatic rings. The fraction of sp³-hybridized carbons (Fsp3) is 0.571. The minimum absolute atomic E-state index is 0.0346. The average molecular weight is 262 g/mol. The smallest absolute Gasteiger partial charge is 0.358 e. The normalized spacial score (nSPS) is 18.7. The Labute approximate surface area is 112 Å². The minimum Gasteiger partial charge on any atom is -0.494 e. The zero-order valence-electron chi connectivity index (χ0n) is 11.1. The number of hydrogen-bond donors (Lipinski definition) is 1. The number of carboxylic acids is 1. The van der Waals surface area contributed by atoms with Crippen LogP contribution in [0.5, 0.6) is 5.75 Å². The second kappa shape index (κ2) is 4.72. The van der Waals surface area contributed by atoms with Crippen molar-refractivity contribution in [3.63, 3.8) is 0 Å². The maximum atomic E-state index is 11.3. The summed E-state index contributed by atoms with van der Waals surface area (Å²) in [6, 6.07) is 1.86. The molecule has 1 saturated heterocycles. The molecule has 1 N–H and O–H groups in total. The molecule has 0 spiro atoms. The first-order valence-electron chi connectivity index (χ1n) is 6.78. The number of rotatable bonds is 4. The predicted octanol–water partition coefficient (Wildman–Crippen LogP) is 2.27. The molecule has 2 heterocycles. The topological polar surface area (TPSA) is 62.7 Å². The van der Waals surface area contributed by atoms with E-state index in [0.29, 0.717) is 11.7 Å². The van der Waals surface area contributed by atoms with Gasteiger partial charge in [0, 0.05) is 25.1 Å². The molecule has 1 saturated carbocycles. The van der Waals surface area contributed by atoms with Gasteiger partial charge in [0.25, 0.3) is 0 Å². The minimum atomic E-state index is -1.02. The molecule has 1 aromatic heterocycles. The summed E-state index contributed by atoms with van der Waals surface area (Å²) in [7, 11) is 1.49. The number of methoxy groups -OCH3 is 1. The fourth-order valence-electron chi connectivity index (χ4n) is 2.68. The lowest BCUT2D eigenvalue weighted by molar-refractivity contribution is 0.0686. The highest BCUT2D eigenvalue weighted by atomic mass is 16.5. The van der Waals surface area contributed by atoms with Gasteiger partial charge in [0.15, 0.2) is 11.4 Å². The summed E-state index contributed by atoms with van der Waals surface area (Å²) in [6.45, 7) is 2.05. The highest BCUT2D eigenvalue weighted by molar-refractivity contribution is 5.89. The van der Waals surface area contributed by atoms with Gasteiger partial charge >= 0.3 is 5.97 Å². The Kier molecular flexibility index (Phi) is 3.05. The number of hydrogen-bond acceptors (Lipinski definition) is 4. The van der Waals surface area contributed by atoms with E-state index < -0.39 is 5.97 Å². The molecule has 19 heavy (non-hydrogen) atoms. The molecule has 102 valence electrons. The maximum absolute atomic E-state index is 11.3. The van der Waals surface area contributed by atoms with Crippen LogP contribution in [0.3, 0.4) is 0 Å². The summed E-state index contributed by atoms with van der Waals surface area (Å²) in [5.74, 6) is -0.231. The van der Waals surface area contributed by atoms with E-state index in [1.165, 1.54) is 20.0 Å². The molecule has 5 heteroatoms. The van der Waals surface area contributed by atoms with E-state index in [-0.39, 0.29) is 5.69 Å². The zero-order chi connectivity index (χ0) is 13.4. The number of ether oxygens (including phenoxy) is 1. The van der Waals surface area contributed by atoms with E-state index in [0.717, 1.165) is 37.3 Å². The van der Waals surface area contributed by atoms with Crippen molar-refractivity contribution in [3.8, 4) is 5.75 Å². The number of carboxylic acid groups (broad SMARTS) is 1. The van der Waals surface area contributed by atoms with E-state index in [1.807, 2.05) is 6.07 Å². The van der Waals surface area contributed by atoms with Gasteiger partial charge in [-0.1, -0.05) is 0 Å². The molecule has 0 bridgehead atoms. The Hall–Kier alpha value is -1.78. The third-order valence-electron chi connectivity index (χ3n) is 3.83. The largest absolute Gasteiger partial charge is 0.494 e. The second-order valence-electron chi connectivity index (χ2n) is 5.22. The summed E-state index contributed by atoms with van der Waals surface area (Å²) in [6.07, 6.45) is 4.60. The van der Waals surface area contributed by atoms with E-state index in [4.69, 9.17) is 4.74 Å². The van der Waals surface area contributed by atoms with Crippen LogP contribution in [-0.4, -0.2) is 36.3 Å². The van der Waals surface area contributed by atoms with Crippen molar-refractivity contribution < 1.29 is 14.6 Å². The lowest BCUT2D eigenvalue weighted by Gasteiger charge is -2.22. The molecule has 2 aliphatic rings. The summed E-state index contributed by atoms with van der Waals surface area (Å²) in [5.41, 5.74) is 2.05. The molecular formula is C14H18N2O3. The van der Waals surface area contributed by atoms with Crippen LogP contribution in [0.15, 0.2) is 6.07 Å². The number of carbonyl (C=O) groups is 1. The van der Waals surface area contributed by atoms with Crippen LogP contribution < -0.4 is 9.64 Å². The Morgan fingerprint density at radius 1 is 1.42 bits per heavy atom. The predicted molar refractivity (Wildman–Crippen MR) is 71.2 cm³/mol. The summed E-state index contributed by atoms with van der Waals surface area (Å²) < 4.78 is 5.19. The molecule has 1 aliphatic carbocycles. The number of aromatic nitrogens is 1. The standard InChI is InChI=1S/C14H18N2O3/c1-19-11-8-10(16-6-2-3-7-16)12(9-4-5-9)15-13(11)14(17)18/h8-9H,2-7H2,1H3,(H,17,18). The molecular weight excluding hydrogens is 244 g/mol. The first-order valence-corrected chi connectivity index (χ1v) is 6.78. The van der Waals surface area contributed by atoms with Crippen LogP contribution in [0.1, 0.15) is 47.8 Å². The third-order valence-corrected chi connectivity index (χ3v) is 3.83. The number of aromatic carboxylic acids is 1. The van der Waals surface area contributed by atoms with Gasteiger partial charge in [-0.2, -0.15) is 0 Å². The Balaban J connectivity index is 2.07. The van der Waals surface area contributed by atoms with Gasteiger partial charge in [0.1, 0.15) is 0 Å². The fourth-order valence-corrected chi connectivity index (χ4v) is 2.68. The van der Waals surface area contributed by atoms with Crippen LogP contribution in [0.2, 0.25) is 0 Å². The van der Waals surface area contributed by atoms with Crippen molar-refractivity contribution in [3.05, 3.63) is 17.5 Å². The molecule has 0 unspecified atom stereocenters. The first-order chi connectivity index (χ1) is 9.20. The van der Waals surface area contributed by atoms with E-state index in [9.17, 15) is 9.90 Å². The Morgan fingerprint density at radius 3 is 2.63 bits per heavy atom. The SMILES string of the molecule is COc1cc(N2CCCC2)c(C2CC2)nc1C(=O)O. The van der Waals surface area contributed by atoms with Gasteiger partial charge in [0.05, 0.1) is 18.5 Å². The highest BCUT2D eigenvalue weighted by Gasteiger charge is 2.32. The molecule has 0 aromatic carbocycles. The molecule has 3 rings (SSSR count). The van der Waals surface area contributed by atoms with Crippen molar-refractivity contribution in [2.24, 2.45) is 0 Å². The van der Waals surface area contributed by atoms with Crippen LogP contribution in [0.25, 0.3) is 0 Å². The van der Waals surface area contributed by atoms with Crippen molar-refractivity contribution >= 4 is 11.7 Å². The molecule has 0 atom stereocenters. The molecule has 1 aliphatic heterocycles. The van der Waals surface area contributed by atoms with Gasteiger partial charge in [-0.05, 0) is 25.7 Å². The van der Waals surface area contributed by atoms with Crippen molar-refractivity contribution in [2.75, 3.05) is 25.1 Å². The lowest BCUT2D eigenvalue weighted by Crippen LogP contribution is -2.21. The van der Waals surface area contributed by atoms with Gasteiger partial charge in [-0.15, -0.1) is 0 Å². The monoisotopic (exact) mass is 262 g/mol. The Morgan fingerprint density at radius 2 is 2.11 bits per heavy atom. The lowest BCUT2D eigenvalue weighted by atomic mass is 10.1. The van der Waals surface area contributed by atoms with Crippen LogP contribution in [-0.2, 0) is 0 Å². The van der Waals surface area contributed by atoms with E-state index >= 15 is 0 Å². The number of pyridine rings is 1. The first kappa shape index (κ1) is 12.3. The average Bonchev–Trinajstić information content (AvgIpc) is 3.11. The maximum Gasteiger partial charge on any atom is 0.358 e. The molecule has 5 nitrogen and oxygen atoms in total. The van der Waals surface area contributed by atoms with Crippen LogP contribution in [0.4, 0.5) is 5.69 Å². The summed E-state index contributed by atoms with van der Waals surface area (Å²) >= 11 is 0. The van der Waals surface area contributed by atoms with Crippen molar-refractivity contribution in [2.45, 2.75) is 31.6 Å². The third kappa shape index (κ3) is 2.25. The number of anilines is 1. The van der Waals surface area contributed by atoms with Crippen LogP contribution in [0, 0.1) is 0 Å². The molecule has 0 amide bonds. The molecule has 2 fully saturated rings.